The number of carboxylic acids is 1. The summed E-state index contributed by atoms with van der Waals surface area (Å²) in [6, 6.07) is 4.36. The molecule has 0 fully saturated rings. The van der Waals surface area contributed by atoms with Gasteiger partial charge in [0.05, 0.1) is 5.92 Å². The fourth-order valence-corrected chi connectivity index (χ4v) is 2.99. The summed E-state index contributed by atoms with van der Waals surface area (Å²) < 4.78 is 5.57. The zero-order valence-electron chi connectivity index (χ0n) is 14.7. The van der Waals surface area contributed by atoms with E-state index >= 15 is 0 Å². The quantitative estimate of drug-likeness (QED) is 0.477. The zero-order chi connectivity index (χ0) is 18.4. The summed E-state index contributed by atoms with van der Waals surface area (Å²) in [7, 11) is 0. The second-order valence-corrected chi connectivity index (χ2v) is 6.37. The molecule has 2 aromatic rings. The van der Waals surface area contributed by atoms with Gasteiger partial charge in [-0.2, -0.15) is 0 Å². The fraction of sp³-hybridized carbons (Fsp3) is 0.474. The Morgan fingerprint density at radius 1 is 1.24 bits per heavy atom. The first kappa shape index (κ1) is 19.0. The van der Waals surface area contributed by atoms with E-state index in [9.17, 15) is 9.59 Å². The molecule has 0 saturated carbocycles. The van der Waals surface area contributed by atoms with Crippen LogP contribution in [0.5, 0.6) is 5.75 Å². The number of fused-ring (bicyclic) bond motifs is 1. The van der Waals surface area contributed by atoms with E-state index in [-0.39, 0.29) is 18.3 Å². The third-order valence-corrected chi connectivity index (χ3v) is 4.32. The van der Waals surface area contributed by atoms with Gasteiger partial charge in [0.2, 0.25) is 0 Å². The molecule has 6 nitrogen and oxygen atoms in total. The number of aromatic nitrogens is 1. The largest absolute Gasteiger partial charge is 0.480 e. The Morgan fingerprint density at radius 3 is 2.52 bits per heavy atom. The van der Waals surface area contributed by atoms with E-state index < -0.39 is 12.0 Å². The normalized spacial score (nSPS) is 12.5. The SMILES string of the molecule is CCCC(CCC)C(=O)Oc1ccc2[nH]cc(C[C@H](N)C(=O)O)c2c1. The predicted molar refractivity (Wildman–Crippen MR) is 96.6 cm³/mol. The first-order valence-corrected chi connectivity index (χ1v) is 8.76. The van der Waals surface area contributed by atoms with Gasteiger partial charge in [0.25, 0.3) is 0 Å². The molecule has 1 aromatic heterocycles. The molecule has 0 aliphatic heterocycles. The molecule has 2 rings (SSSR count). The Labute approximate surface area is 147 Å². The van der Waals surface area contributed by atoms with Crippen molar-refractivity contribution in [1.82, 2.24) is 4.98 Å². The monoisotopic (exact) mass is 346 g/mol. The molecule has 1 aromatic carbocycles. The number of aromatic amines is 1. The molecule has 0 radical (unpaired) electrons. The highest BCUT2D eigenvalue weighted by atomic mass is 16.5. The second kappa shape index (κ2) is 8.67. The van der Waals surface area contributed by atoms with Crippen molar-refractivity contribution in [2.24, 2.45) is 11.7 Å². The molecule has 0 saturated heterocycles. The standard InChI is InChI=1S/C19H26N2O4/c1-3-5-12(6-4-2)19(24)25-14-7-8-17-15(10-14)13(11-21-17)9-16(20)18(22)23/h7-8,10-12,16,21H,3-6,9,20H2,1-2H3,(H,22,23)/t16-/m0/s1. The predicted octanol–water partition coefficient (Wildman–Crippen LogP) is 3.24. The summed E-state index contributed by atoms with van der Waals surface area (Å²) in [5.41, 5.74) is 7.27. The highest BCUT2D eigenvalue weighted by Gasteiger charge is 2.20. The Kier molecular flexibility index (Phi) is 6.58. The van der Waals surface area contributed by atoms with Gasteiger partial charge < -0.3 is 20.6 Å². The number of nitrogens with two attached hydrogens (primary N) is 1. The molecular formula is C19H26N2O4. The number of carboxylic acid groups (broad SMARTS) is 1. The molecule has 1 atom stereocenters. The van der Waals surface area contributed by atoms with Crippen molar-refractivity contribution in [2.45, 2.75) is 52.0 Å². The average molecular weight is 346 g/mol. The van der Waals surface area contributed by atoms with Crippen LogP contribution in [0.15, 0.2) is 24.4 Å². The molecule has 25 heavy (non-hydrogen) atoms. The fourth-order valence-electron chi connectivity index (χ4n) is 2.99. The van der Waals surface area contributed by atoms with Crippen LogP contribution in [0.4, 0.5) is 0 Å². The maximum Gasteiger partial charge on any atom is 0.320 e. The number of carbonyl (C=O) groups is 2. The molecule has 4 N–H and O–H groups in total. The Morgan fingerprint density at radius 2 is 1.92 bits per heavy atom. The Bertz CT molecular complexity index is 732. The number of benzene rings is 1. The van der Waals surface area contributed by atoms with Crippen LogP contribution in [0.2, 0.25) is 0 Å². The van der Waals surface area contributed by atoms with Crippen molar-refractivity contribution in [3.05, 3.63) is 30.0 Å². The number of hydrogen-bond acceptors (Lipinski definition) is 4. The highest BCUT2D eigenvalue weighted by Crippen LogP contribution is 2.26. The van der Waals surface area contributed by atoms with Crippen molar-refractivity contribution in [2.75, 3.05) is 0 Å². The van der Waals surface area contributed by atoms with E-state index in [1.54, 1.807) is 18.3 Å². The van der Waals surface area contributed by atoms with Crippen LogP contribution in [0.3, 0.4) is 0 Å². The van der Waals surface area contributed by atoms with Crippen LogP contribution >= 0.6 is 0 Å². The van der Waals surface area contributed by atoms with Crippen molar-refractivity contribution in [3.63, 3.8) is 0 Å². The molecular weight excluding hydrogens is 320 g/mol. The van der Waals surface area contributed by atoms with Crippen LogP contribution < -0.4 is 10.5 Å². The van der Waals surface area contributed by atoms with Gasteiger partial charge in [-0.05, 0) is 36.6 Å². The maximum atomic E-state index is 12.4. The number of rotatable bonds is 9. The summed E-state index contributed by atoms with van der Waals surface area (Å²) in [4.78, 5) is 26.4. The van der Waals surface area contributed by atoms with Gasteiger partial charge in [0, 0.05) is 23.5 Å². The van der Waals surface area contributed by atoms with E-state index in [2.05, 4.69) is 18.8 Å². The van der Waals surface area contributed by atoms with Gasteiger partial charge in [-0.15, -0.1) is 0 Å². The zero-order valence-corrected chi connectivity index (χ0v) is 14.7. The minimum absolute atomic E-state index is 0.0863. The molecule has 6 heteroatoms. The van der Waals surface area contributed by atoms with Gasteiger partial charge in [0.15, 0.2) is 0 Å². The van der Waals surface area contributed by atoms with Crippen molar-refractivity contribution >= 4 is 22.8 Å². The first-order valence-electron chi connectivity index (χ1n) is 8.76. The molecule has 1 heterocycles. The number of aliphatic carboxylic acids is 1. The smallest absolute Gasteiger partial charge is 0.320 e. The van der Waals surface area contributed by atoms with Gasteiger partial charge in [-0.25, -0.2) is 0 Å². The van der Waals surface area contributed by atoms with Gasteiger partial charge in [-0.1, -0.05) is 26.7 Å². The first-order chi connectivity index (χ1) is 12.0. The summed E-state index contributed by atoms with van der Waals surface area (Å²) in [6.07, 6.45) is 5.47. The van der Waals surface area contributed by atoms with Crippen LogP contribution in [0, 0.1) is 5.92 Å². The highest BCUT2D eigenvalue weighted by molar-refractivity contribution is 5.86. The molecule has 0 aliphatic rings. The molecule has 0 spiro atoms. The van der Waals surface area contributed by atoms with Gasteiger partial charge in [0.1, 0.15) is 11.8 Å². The third kappa shape index (κ3) is 4.82. The lowest BCUT2D eigenvalue weighted by Gasteiger charge is -2.14. The molecule has 0 amide bonds. The van der Waals surface area contributed by atoms with Gasteiger partial charge in [-0.3, -0.25) is 9.59 Å². The van der Waals surface area contributed by atoms with E-state index in [0.29, 0.717) is 5.75 Å². The Balaban J connectivity index is 2.19. The number of carbonyl (C=O) groups excluding carboxylic acids is 1. The van der Waals surface area contributed by atoms with Crippen molar-refractivity contribution in [1.29, 1.82) is 0 Å². The Hall–Kier alpha value is -2.34. The number of esters is 1. The lowest BCUT2D eigenvalue weighted by molar-refractivity contribution is -0.140. The van der Waals surface area contributed by atoms with Crippen LogP contribution in [-0.2, 0) is 16.0 Å². The average Bonchev–Trinajstić information content (AvgIpc) is 2.97. The number of hydrogen-bond donors (Lipinski definition) is 3. The third-order valence-electron chi connectivity index (χ3n) is 4.32. The molecule has 0 aliphatic carbocycles. The summed E-state index contributed by atoms with van der Waals surface area (Å²) in [6.45, 7) is 4.11. The molecule has 136 valence electrons. The van der Waals surface area contributed by atoms with Crippen LogP contribution in [-0.4, -0.2) is 28.1 Å². The van der Waals surface area contributed by atoms with Crippen LogP contribution in [0.25, 0.3) is 10.9 Å². The maximum absolute atomic E-state index is 12.4. The second-order valence-electron chi connectivity index (χ2n) is 6.37. The summed E-state index contributed by atoms with van der Waals surface area (Å²) in [5, 5.41) is 9.81. The van der Waals surface area contributed by atoms with Gasteiger partial charge >= 0.3 is 11.9 Å². The molecule has 0 unspecified atom stereocenters. The topological polar surface area (TPSA) is 105 Å². The summed E-state index contributed by atoms with van der Waals surface area (Å²) >= 11 is 0. The number of nitrogens with one attached hydrogen (secondary N) is 1. The lowest BCUT2D eigenvalue weighted by Crippen LogP contribution is -2.32. The minimum Gasteiger partial charge on any atom is -0.480 e. The van der Waals surface area contributed by atoms with E-state index in [4.69, 9.17) is 15.6 Å². The van der Waals surface area contributed by atoms with E-state index in [1.807, 2.05) is 6.07 Å². The number of ether oxygens (including phenoxy) is 1. The van der Waals surface area contributed by atoms with E-state index in [1.165, 1.54) is 0 Å². The van der Waals surface area contributed by atoms with E-state index in [0.717, 1.165) is 42.1 Å². The lowest BCUT2D eigenvalue weighted by atomic mass is 9.98. The van der Waals surface area contributed by atoms with Crippen LogP contribution in [0.1, 0.15) is 45.1 Å². The van der Waals surface area contributed by atoms with Crippen molar-refractivity contribution < 1.29 is 19.4 Å². The minimum atomic E-state index is -1.04. The number of H-pyrrole nitrogens is 1. The molecule has 0 bridgehead atoms. The van der Waals surface area contributed by atoms with Crippen molar-refractivity contribution in [3.8, 4) is 5.75 Å². The summed E-state index contributed by atoms with van der Waals surface area (Å²) in [5.74, 6) is -0.863.